The minimum absolute atomic E-state index is 0.505. The van der Waals surface area contributed by atoms with Gasteiger partial charge in [0.2, 0.25) is 0 Å². The van der Waals surface area contributed by atoms with Crippen LogP contribution in [0.2, 0.25) is 0 Å². The quantitative estimate of drug-likeness (QED) is 0.0905. The topological polar surface area (TPSA) is 36.9 Å². The van der Waals surface area contributed by atoms with E-state index in [0.29, 0.717) is 90.5 Å². The third-order valence-corrected chi connectivity index (χ3v) is 11.1. The summed E-state index contributed by atoms with van der Waals surface area (Å²) in [7, 11) is 0. The molecule has 0 aliphatic heterocycles. The molecule has 69 heavy (non-hydrogen) atoms. The maximum absolute atomic E-state index is 6.35. The summed E-state index contributed by atoms with van der Waals surface area (Å²) in [5, 5.41) is 0. The van der Waals surface area contributed by atoms with Crippen molar-refractivity contribution in [1.82, 2.24) is 0 Å². The fourth-order valence-electron chi connectivity index (χ4n) is 7.93. The highest BCUT2D eigenvalue weighted by Gasteiger charge is 2.39. The molecular weight excluding hydrogens is 845 g/mol. The molecule has 0 unspecified atom stereocenters. The Morgan fingerprint density at radius 3 is 0.522 bits per heavy atom. The van der Waals surface area contributed by atoms with E-state index in [-0.39, 0.29) is 0 Å². The van der Waals surface area contributed by atoms with Gasteiger partial charge in [0.15, 0.2) is 0 Å². The normalized spacial score (nSPS) is 10.2. The molecule has 0 amide bonds. The summed E-state index contributed by atoms with van der Waals surface area (Å²) in [6.45, 7) is 0. The van der Waals surface area contributed by atoms with Crippen molar-refractivity contribution in [3.05, 3.63) is 237 Å². The second kappa shape index (κ2) is 20.1. The van der Waals surface area contributed by atoms with E-state index in [9.17, 15) is 0 Å². The largest absolute Gasteiger partial charge is 0.457 e. The molecule has 0 fully saturated rings. The van der Waals surface area contributed by atoms with E-state index < -0.39 is 5.41 Å². The molecule has 0 N–H and O–H groups in total. The van der Waals surface area contributed by atoms with Gasteiger partial charge in [-0.2, -0.15) is 0 Å². The molecule has 0 radical (unpaired) electrons. The van der Waals surface area contributed by atoms with Gasteiger partial charge in [0, 0.05) is 44.5 Å². The lowest BCUT2D eigenvalue weighted by Crippen LogP contribution is -2.31. The number of ether oxygens (including phenoxy) is 4. The first kappa shape index (κ1) is 45.0. The number of hydrogen-bond acceptors (Lipinski definition) is 4. The van der Waals surface area contributed by atoms with Crippen LogP contribution in [-0.2, 0) is 5.41 Å². The van der Waals surface area contributed by atoms with Crippen LogP contribution in [0.1, 0.15) is 66.8 Å². The number of rotatable bonds is 12. The van der Waals surface area contributed by atoms with Gasteiger partial charge in [-0.25, -0.2) is 0 Å². The van der Waals surface area contributed by atoms with Gasteiger partial charge in [0.05, 0.1) is 5.41 Å². The van der Waals surface area contributed by atoms with Crippen LogP contribution in [-0.4, -0.2) is 0 Å². The summed E-state index contributed by atoms with van der Waals surface area (Å²) in [5.74, 6) is 25.4. The lowest BCUT2D eigenvalue weighted by Gasteiger charge is -2.37. The van der Waals surface area contributed by atoms with E-state index in [1.54, 1.807) is 72.8 Å². The van der Waals surface area contributed by atoms with E-state index in [1.807, 2.05) is 97.1 Å². The number of terminal acetylenes is 8. The molecule has 0 saturated heterocycles. The Kier molecular flexibility index (Phi) is 13.1. The zero-order valence-corrected chi connectivity index (χ0v) is 36.9. The van der Waals surface area contributed by atoms with Gasteiger partial charge in [-0.15, -0.1) is 51.4 Å². The van der Waals surface area contributed by atoms with Gasteiger partial charge < -0.3 is 18.9 Å². The molecule has 0 heterocycles. The van der Waals surface area contributed by atoms with Crippen LogP contribution in [0.25, 0.3) is 0 Å². The Labute approximate surface area is 403 Å². The van der Waals surface area contributed by atoms with Gasteiger partial charge in [-0.3, -0.25) is 0 Å². The maximum atomic E-state index is 6.35. The van der Waals surface area contributed by atoms with Crippen molar-refractivity contribution in [2.24, 2.45) is 0 Å². The van der Waals surface area contributed by atoms with Crippen LogP contribution in [0.3, 0.4) is 0 Å². The van der Waals surface area contributed by atoms with E-state index in [2.05, 4.69) is 47.4 Å². The summed E-state index contributed by atoms with van der Waals surface area (Å²) >= 11 is 0. The van der Waals surface area contributed by atoms with Gasteiger partial charge in [0.25, 0.3) is 0 Å². The van der Waals surface area contributed by atoms with Crippen LogP contribution in [0.15, 0.2) is 170 Å². The fourth-order valence-corrected chi connectivity index (χ4v) is 7.93. The molecule has 0 aromatic heterocycles. The molecule has 320 valence electrons. The predicted molar refractivity (Wildman–Crippen MR) is 274 cm³/mol. The number of benzene rings is 8. The third-order valence-electron chi connectivity index (χ3n) is 11.1. The zero-order valence-electron chi connectivity index (χ0n) is 36.9. The standard InChI is InChI=1S/C65H36O4/c1-9-45-33-46(10-2)38-61(37-45)66-57-25-17-53(18-26-57)65(54-19-27-58(28-20-54)67-62-39-47(11-3)34-48(12-4)40-62,55-21-29-59(30-22-55)68-63-41-49(13-5)35-50(14-6)42-63)56-23-31-60(32-24-56)69-64-43-51(15-7)36-52(16-8)44-64/h1-8,17-44H. The van der Waals surface area contributed by atoms with Crippen LogP contribution >= 0.6 is 0 Å². The average molecular weight is 881 g/mol. The predicted octanol–water partition coefficient (Wildman–Crippen LogP) is 13.1. The fraction of sp³-hybridized carbons (Fsp3) is 0.0154. The Morgan fingerprint density at radius 2 is 0.377 bits per heavy atom. The summed E-state index contributed by atoms with van der Waals surface area (Å²) in [6.07, 6.45) is 45.9. The summed E-state index contributed by atoms with van der Waals surface area (Å²) in [5.41, 5.74) is 7.33. The SMILES string of the molecule is C#Cc1cc(C#C)cc(Oc2ccc(C(c3ccc(Oc4cc(C#C)cc(C#C)c4)cc3)(c3ccc(Oc4cc(C#C)cc(C#C)c4)cc3)c3ccc(Oc4cc(C#C)cc(C#C)c4)cc3)cc2)c1. The highest BCUT2D eigenvalue weighted by Crippen LogP contribution is 2.47. The molecule has 4 heteroatoms. The first-order valence-electron chi connectivity index (χ1n) is 21.2. The summed E-state index contributed by atoms with van der Waals surface area (Å²) in [6, 6.07) is 52.5. The van der Waals surface area contributed by atoms with Crippen molar-refractivity contribution < 1.29 is 18.9 Å². The van der Waals surface area contributed by atoms with E-state index in [4.69, 9.17) is 70.3 Å². The molecule has 8 aromatic carbocycles. The first-order chi connectivity index (χ1) is 33.7. The lowest BCUT2D eigenvalue weighted by molar-refractivity contribution is 0.481. The van der Waals surface area contributed by atoms with E-state index >= 15 is 0 Å². The Bertz CT molecular complexity index is 2990. The second-order valence-corrected chi connectivity index (χ2v) is 15.4. The van der Waals surface area contributed by atoms with Crippen molar-refractivity contribution in [3.8, 4) is 145 Å². The van der Waals surface area contributed by atoms with Crippen molar-refractivity contribution in [2.75, 3.05) is 0 Å². The lowest BCUT2D eigenvalue weighted by atomic mass is 9.65. The Balaban J connectivity index is 1.28. The van der Waals surface area contributed by atoms with Gasteiger partial charge in [-0.1, -0.05) is 95.9 Å². The molecule has 0 saturated carbocycles. The van der Waals surface area contributed by atoms with Gasteiger partial charge in [0.1, 0.15) is 46.0 Å². The Morgan fingerprint density at radius 1 is 0.217 bits per heavy atom. The monoisotopic (exact) mass is 880 g/mol. The summed E-state index contributed by atoms with van der Waals surface area (Å²) in [4.78, 5) is 0. The second-order valence-electron chi connectivity index (χ2n) is 15.4. The highest BCUT2D eigenvalue weighted by atomic mass is 16.5. The smallest absolute Gasteiger partial charge is 0.129 e. The summed E-state index contributed by atoms with van der Waals surface area (Å²) < 4.78 is 25.4. The molecule has 0 atom stereocenters. The van der Waals surface area contributed by atoms with Crippen molar-refractivity contribution in [2.45, 2.75) is 5.41 Å². The van der Waals surface area contributed by atoms with Crippen LogP contribution < -0.4 is 18.9 Å². The molecule has 0 spiro atoms. The zero-order chi connectivity index (χ0) is 48.3. The van der Waals surface area contributed by atoms with Gasteiger partial charge in [-0.05, 0) is 144 Å². The average Bonchev–Trinajstić information content (AvgIpc) is 3.39. The minimum atomic E-state index is -1.01. The molecular formula is C65H36O4. The van der Waals surface area contributed by atoms with Gasteiger partial charge >= 0.3 is 0 Å². The van der Waals surface area contributed by atoms with E-state index in [0.717, 1.165) is 22.3 Å². The van der Waals surface area contributed by atoms with E-state index in [1.165, 1.54) is 0 Å². The molecule has 4 nitrogen and oxygen atoms in total. The molecule has 0 aliphatic rings. The maximum Gasteiger partial charge on any atom is 0.129 e. The van der Waals surface area contributed by atoms with Crippen LogP contribution in [0, 0.1) is 98.8 Å². The minimum Gasteiger partial charge on any atom is -0.457 e. The molecule has 0 bridgehead atoms. The van der Waals surface area contributed by atoms with Crippen molar-refractivity contribution in [3.63, 3.8) is 0 Å². The van der Waals surface area contributed by atoms with Crippen LogP contribution in [0.4, 0.5) is 0 Å². The molecule has 8 aromatic rings. The molecule has 0 aliphatic carbocycles. The Hall–Kier alpha value is -10.6. The van der Waals surface area contributed by atoms with Crippen LogP contribution in [0.5, 0.6) is 46.0 Å². The first-order valence-corrected chi connectivity index (χ1v) is 21.2. The van der Waals surface area contributed by atoms with Crippen molar-refractivity contribution in [1.29, 1.82) is 0 Å². The third kappa shape index (κ3) is 9.91. The molecule has 8 rings (SSSR count). The van der Waals surface area contributed by atoms with Crippen molar-refractivity contribution >= 4 is 0 Å². The number of hydrogen-bond donors (Lipinski definition) is 0. The highest BCUT2D eigenvalue weighted by molar-refractivity contribution is 5.63.